The molecule has 5 heteroatoms. The summed E-state index contributed by atoms with van der Waals surface area (Å²) in [6.07, 6.45) is 1.81. The van der Waals surface area contributed by atoms with Gasteiger partial charge in [0.05, 0.1) is 4.90 Å². The number of benzene rings is 1. The molecule has 1 aromatic carbocycles. The van der Waals surface area contributed by atoms with E-state index in [2.05, 4.69) is 20.7 Å². The van der Waals surface area contributed by atoms with Crippen molar-refractivity contribution in [1.82, 2.24) is 0 Å². The van der Waals surface area contributed by atoms with Crippen molar-refractivity contribution >= 4 is 27.7 Å². The SMILES string of the molecule is CSc1cc(Br)ccc1OC(F)F. The standard InChI is InChI=1S/C8H7BrF2OS/c1-13-7-4-5(9)2-3-6(7)12-8(10)11/h2-4,8H,1H3. The monoisotopic (exact) mass is 268 g/mol. The van der Waals surface area contributed by atoms with Crippen molar-refractivity contribution in [3.8, 4) is 5.75 Å². The first-order chi connectivity index (χ1) is 6.13. The Hall–Kier alpha value is -0.290. The number of hydrogen-bond donors (Lipinski definition) is 0. The topological polar surface area (TPSA) is 9.23 Å². The van der Waals surface area contributed by atoms with E-state index in [-0.39, 0.29) is 5.75 Å². The van der Waals surface area contributed by atoms with E-state index in [1.165, 1.54) is 17.8 Å². The molecule has 1 rings (SSSR count). The number of alkyl halides is 2. The summed E-state index contributed by atoms with van der Waals surface area (Å²) < 4.78 is 29.0. The van der Waals surface area contributed by atoms with Crippen molar-refractivity contribution in [2.75, 3.05) is 6.26 Å². The summed E-state index contributed by atoms with van der Waals surface area (Å²) in [4.78, 5) is 0.690. The minimum Gasteiger partial charge on any atom is -0.434 e. The molecular weight excluding hydrogens is 262 g/mol. The molecule has 0 spiro atoms. The lowest BCUT2D eigenvalue weighted by Crippen LogP contribution is -2.02. The lowest BCUT2D eigenvalue weighted by Gasteiger charge is -2.08. The summed E-state index contributed by atoms with van der Waals surface area (Å²) in [6, 6.07) is 4.92. The van der Waals surface area contributed by atoms with Crippen LogP contribution in [-0.4, -0.2) is 12.9 Å². The molecular formula is C8H7BrF2OS. The number of hydrogen-bond acceptors (Lipinski definition) is 2. The highest BCUT2D eigenvalue weighted by Crippen LogP contribution is 2.31. The zero-order valence-corrected chi connectivity index (χ0v) is 9.16. The van der Waals surface area contributed by atoms with Crippen LogP contribution in [0.15, 0.2) is 27.6 Å². The van der Waals surface area contributed by atoms with Crippen LogP contribution in [0.5, 0.6) is 5.75 Å². The Labute approximate surface area is 87.6 Å². The van der Waals surface area contributed by atoms with Gasteiger partial charge in [0.2, 0.25) is 0 Å². The number of ether oxygens (including phenoxy) is 1. The van der Waals surface area contributed by atoms with Crippen LogP contribution >= 0.6 is 27.7 Å². The molecule has 72 valence electrons. The van der Waals surface area contributed by atoms with E-state index in [9.17, 15) is 8.78 Å². The summed E-state index contributed by atoms with van der Waals surface area (Å²) >= 11 is 4.61. The molecule has 1 nitrogen and oxygen atoms in total. The van der Waals surface area contributed by atoms with Crippen molar-refractivity contribution in [3.63, 3.8) is 0 Å². The third-order valence-electron chi connectivity index (χ3n) is 1.34. The summed E-state index contributed by atoms with van der Waals surface area (Å²) in [5.41, 5.74) is 0. The summed E-state index contributed by atoms with van der Waals surface area (Å²) in [5, 5.41) is 0. The molecule has 0 heterocycles. The van der Waals surface area contributed by atoms with Gasteiger partial charge in [0.15, 0.2) is 0 Å². The first-order valence-corrected chi connectivity index (χ1v) is 5.43. The molecule has 0 aliphatic carbocycles. The third-order valence-corrected chi connectivity index (χ3v) is 2.59. The van der Waals surface area contributed by atoms with Gasteiger partial charge in [-0.25, -0.2) is 0 Å². The van der Waals surface area contributed by atoms with Crippen molar-refractivity contribution < 1.29 is 13.5 Å². The maximum absolute atomic E-state index is 11.9. The van der Waals surface area contributed by atoms with E-state index in [1.807, 2.05) is 0 Å². The third kappa shape index (κ3) is 3.15. The fourth-order valence-electron chi connectivity index (χ4n) is 0.835. The molecule has 0 N–H and O–H groups in total. The quantitative estimate of drug-likeness (QED) is 0.772. The van der Waals surface area contributed by atoms with Gasteiger partial charge in [-0.15, -0.1) is 11.8 Å². The van der Waals surface area contributed by atoms with Crippen LogP contribution in [-0.2, 0) is 0 Å². The highest BCUT2D eigenvalue weighted by molar-refractivity contribution is 9.10. The average Bonchev–Trinajstić information content (AvgIpc) is 2.07. The highest BCUT2D eigenvalue weighted by atomic mass is 79.9. The van der Waals surface area contributed by atoms with Gasteiger partial charge in [0, 0.05) is 4.47 Å². The molecule has 0 radical (unpaired) electrons. The Balaban J connectivity index is 2.92. The molecule has 0 aliphatic heterocycles. The molecule has 0 aromatic heterocycles. The van der Waals surface area contributed by atoms with Crippen LogP contribution in [0.1, 0.15) is 0 Å². The van der Waals surface area contributed by atoms with Crippen molar-refractivity contribution in [2.45, 2.75) is 11.5 Å². The number of halogens is 3. The van der Waals surface area contributed by atoms with Crippen LogP contribution < -0.4 is 4.74 Å². The van der Waals surface area contributed by atoms with Crippen molar-refractivity contribution in [2.24, 2.45) is 0 Å². The molecule has 0 saturated heterocycles. The Morgan fingerprint density at radius 1 is 1.46 bits per heavy atom. The highest BCUT2D eigenvalue weighted by Gasteiger charge is 2.08. The van der Waals surface area contributed by atoms with Crippen LogP contribution in [0, 0.1) is 0 Å². The number of thioether (sulfide) groups is 1. The van der Waals surface area contributed by atoms with Crippen LogP contribution in [0.4, 0.5) is 8.78 Å². The number of rotatable bonds is 3. The van der Waals surface area contributed by atoms with Crippen molar-refractivity contribution in [3.05, 3.63) is 22.7 Å². The lowest BCUT2D eigenvalue weighted by atomic mass is 10.3. The molecule has 0 amide bonds. The molecule has 1 aromatic rings. The van der Waals surface area contributed by atoms with Gasteiger partial charge in [-0.1, -0.05) is 15.9 Å². The maximum atomic E-state index is 11.9. The molecule has 0 fully saturated rings. The molecule has 0 atom stereocenters. The van der Waals surface area contributed by atoms with Gasteiger partial charge in [-0.3, -0.25) is 0 Å². The van der Waals surface area contributed by atoms with Gasteiger partial charge in [0.1, 0.15) is 5.75 Å². The molecule has 13 heavy (non-hydrogen) atoms. The predicted molar refractivity (Wildman–Crippen MR) is 52.6 cm³/mol. The van der Waals surface area contributed by atoms with Crippen LogP contribution in [0.2, 0.25) is 0 Å². The van der Waals surface area contributed by atoms with E-state index in [0.29, 0.717) is 4.90 Å². The zero-order chi connectivity index (χ0) is 9.84. The Morgan fingerprint density at radius 3 is 2.69 bits per heavy atom. The summed E-state index contributed by atoms with van der Waals surface area (Å²) in [6.45, 7) is -2.77. The first kappa shape index (κ1) is 10.8. The van der Waals surface area contributed by atoms with Gasteiger partial charge < -0.3 is 4.74 Å². The van der Waals surface area contributed by atoms with Crippen LogP contribution in [0.25, 0.3) is 0 Å². The lowest BCUT2D eigenvalue weighted by molar-refractivity contribution is -0.0516. The molecule has 0 bridgehead atoms. The Kier molecular flexibility index (Phi) is 3.99. The second-order valence-electron chi connectivity index (χ2n) is 2.17. The van der Waals surface area contributed by atoms with E-state index < -0.39 is 6.61 Å². The second-order valence-corrected chi connectivity index (χ2v) is 3.94. The van der Waals surface area contributed by atoms with Gasteiger partial charge >= 0.3 is 6.61 Å². The Morgan fingerprint density at radius 2 is 2.15 bits per heavy atom. The fraction of sp³-hybridized carbons (Fsp3) is 0.250. The van der Waals surface area contributed by atoms with Gasteiger partial charge in [0.25, 0.3) is 0 Å². The minimum absolute atomic E-state index is 0.214. The van der Waals surface area contributed by atoms with Gasteiger partial charge in [-0.2, -0.15) is 8.78 Å². The van der Waals surface area contributed by atoms with Crippen LogP contribution in [0.3, 0.4) is 0 Å². The molecule has 0 unspecified atom stereocenters. The predicted octanol–water partition coefficient (Wildman–Crippen LogP) is 3.77. The fourth-order valence-corrected chi connectivity index (χ4v) is 1.91. The van der Waals surface area contributed by atoms with E-state index >= 15 is 0 Å². The summed E-state index contributed by atoms with van der Waals surface area (Å²) in [5.74, 6) is 0.214. The van der Waals surface area contributed by atoms with Crippen molar-refractivity contribution in [1.29, 1.82) is 0 Å². The molecule has 0 saturated carbocycles. The minimum atomic E-state index is -2.77. The second kappa shape index (κ2) is 4.81. The van der Waals surface area contributed by atoms with E-state index in [4.69, 9.17) is 0 Å². The van der Waals surface area contributed by atoms with Gasteiger partial charge in [-0.05, 0) is 24.5 Å². The Bertz CT molecular complexity index is 293. The van der Waals surface area contributed by atoms with E-state index in [1.54, 1.807) is 18.4 Å². The smallest absolute Gasteiger partial charge is 0.387 e. The van der Waals surface area contributed by atoms with E-state index in [0.717, 1.165) is 4.47 Å². The normalized spacial score (nSPS) is 10.5. The maximum Gasteiger partial charge on any atom is 0.387 e. The molecule has 0 aliphatic rings. The first-order valence-electron chi connectivity index (χ1n) is 3.42. The summed E-state index contributed by atoms with van der Waals surface area (Å²) in [7, 11) is 0. The average molecular weight is 269 g/mol. The zero-order valence-electron chi connectivity index (χ0n) is 6.76. The largest absolute Gasteiger partial charge is 0.434 e.